The van der Waals surface area contributed by atoms with Crippen molar-refractivity contribution in [1.82, 2.24) is 19.6 Å². The molecule has 2 aliphatic heterocycles. The minimum atomic E-state index is -0.287. The Morgan fingerprint density at radius 3 is 2.05 bits per heavy atom. The molecule has 0 aliphatic carbocycles. The van der Waals surface area contributed by atoms with Gasteiger partial charge in [0, 0.05) is 53.4 Å². The van der Waals surface area contributed by atoms with Gasteiger partial charge in [-0.15, -0.1) is 0 Å². The number of carbonyl (C=O) groups is 1. The van der Waals surface area contributed by atoms with Gasteiger partial charge in [-0.05, 0) is 31.8 Å². The van der Waals surface area contributed by atoms with Gasteiger partial charge < -0.3 is 19.8 Å². The highest BCUT2D eigenvalue weighted by atomic mass is 16.3. The molecule has 2 amide bonds. The van der Waals surface area contributed by atoms with Gasteiger partial charge in [0.2, 0.25) is 0 Å². The Morgan fingerprint density at radius 2 is 1.55 bits per heavy atom. The van der Waals surface area contributed by atoms with Crippen LogP contribution in [0.1, 0.15) is 19.8 Å². The van der Waals surface area contributed by atoms with Crippen LogP contribution in [0.4, 0.5) is 4.79 Å². The maximum Gasteiger partial charge on any atom is 0.319 e. The van der Waals surface area contributed by atoms with Crippen LogP contribution in [0, 0.1) is 5.92 Å². The standard InChI is InChI=1S/C16H32N4O2/c1-14-4-6-18(7-5-14)12-15(21)13-19-8-10-20(11-9-19)16(22)17(2)3/h14-15,21H,4-13H2,1-3H3. The Kier molecular flexibility index (Phi) is 6.47. The van der Waals surface area contributed by atoms with Gasteiger partial charge in [-0.1, -0.05) is 6.92 Å². The van der Waals surface area contributed by atoms with Gasteiger partial charge in [-0.25, -0.2) is 4.79 Å². The van der Waals surface area contributed by atoms with Crippen LogP contribution in [-0.4, -0.2) is 103 Å². The molecule has 6 heteroatoms. The number of aliphatic hydroxyl groups excluding tert-OH is 1. The number of amides is 2. The van der Waals surface area contributed by atoms with E-state index >= 15 is 0 Å². The van der Waals surface area contributed by atoms with Gasteiger partial charge >= 0.3 is 6.03 Å². The van der Waals surface area contributed by atoms with E-state index in [0.29, 0.717) is 0 Å². The van der Waals surface area contributed by atoms with E-state index in [1.807, 2.05) is 4.90 Å². The first-order chi connectivity index (χ1) is 10.5. The molecule has 2 rings (SSSR count). The SMILES string of the molecule is CC1CCN(CC(O)CN2CCN(C(=O)N(C)C)CC2)CC1. The largest absolute Gasteiger partial charge is 0.390 e. The van der Waals surface area contributed by atoms with Crippen LogP contribution in [0.3, 0.4) is 0 Å². The summed E-state index contributed by atoms with van der Waals surface area (Å²) in [5, 5.41) is 10.3. The van der Waals surface area contributed by atoms with E-state index in [0.717, 1.165) is 58.3 Å². The molecule has 0 bridgehead atoms. The molecule has 22 heavy (non-hydrogen) atoms. The zero-order valence-corrected chi connectivity index (χ0v) is 14.4. The van der Waals surface area contributed by atoms with Crippen molar-refractivity contribution < 1.29 is 9.90 Å². The van der Waals surface area contributed by atoms with Crippen molar-refractivity contribution in [2.75, 3.05) is 66.5 Å². The monoisotopic (exact) mass is 312 g/mol. The van der Waals surface area contributed by atoms with E-state index < -0.39 is 0 Å². The molecule has 0 spiro atoms. The molecule has 2 aliphatic rings. The number of carbonyl (C=O) groups excluding carboxylic acids is 1. The smallest absolute Gasteiger partial charge is 0.319 e. The van der Waals surface area contributed by atoms with Gasteiger partial charge in [-0.3, -0.25) is 4.90 Å². The van der Waals surface area contributed by atoms with Crippen LogP contribution in [0.2, 0.25) is 0 Å². The lowest BCUT2D eigenvalue weighted by Crippen LogP contribution is -2.53. The fourth-order valence-electron chi connectivity index (χ4n) is 3.30. The third kappa shape index (κ3) is 5.11. The minimum absolute atomic E-state index is 0.0858. The third-order valence-electron chi connectivity index (χ3n) is 4.84. The van der Waals surface area contributed by atoms with Crippen LogP contribution >= 0.6 is 0 Å². The first-order valence-electron chi connectivity index (χ1n) is 8.54. The van der Waals surface area contributed by atoms with Crippen molar-refractivity contribution in [3.05, 3.63) is 0 Å². The summed E-state index contributed by atoms with van der Waals surface area (Å²) in [4.78, 5) is 20.1. The molecule has 2 heterocycles. The molecule has 0 aromatic carbocycles. The van der Waals surface area contributed by atoms with E-state index in [-0.39, 0.29) is 12.1 Å². The number of aliphatic hydroxyl groups is 1. The van der Waals surface area contributed by atoms with E-state index in [1.54, 1.807) is 19.0 Å². The predicted octanol–water partition coefficient (Wildman–Crippen LogP) is 0.378. The highest BCUT2D eigenvalue weighted by Gasteiger charge is 2.24. The molecule has 1 N–H and O–H groups in total. The minimum Gasteiger partial charge on any atom is -0.390 e. The summed E-state index contributed by atoms with van der Waals surface area (Å²) in [6.07, 6.45) is 2.21. The molecule has 2 saturated heterocycles. The molecule has 128 valence electrons. The second-order valence-corrected chi connectivity index (χ2v) is 7.10. The van der Waals surface area contributed by atoms with Gasteiger partial charge in [0.25, 0.3) is 0 Å². The summed E-state index contributed by atoms with van der Waals surface area (Å²) in [6, 6.07) is 0.0858. The van der Waals surface area contributed by atoms with Crippen LogP contribution in [0.5, 0.6) is 0 Å². The summed E-state index contributed by atoms with van der Waals surface area (Å²) in [5.74, 6) is 0.829. The quantitative estimate of drug-likeness (QED) is 0.815. The lowest BCUT2D eigenvalue weighted by atomic mass is 9.99. The Hall–Kier alpha value is -0.850. The van der Waals surface area contributed by atoms with Crippen LogP contribution in [-0.2, 0) is 0 Å². The summed E-state index contributed by atoms with van der Waals surface area (Å²) < 4.78 is 0. The predicted molar refractivity (Wildman–Crippen MR) is 87.9 cm³/mol. The number of likely N-dealkylation sites (tertiary alicyclic amines) is 1. The number of urea groups is 1. The number of piperazine rings is 1. The molecule has 1 atom stereocenters. The van der Waals surface area contributed by atoms with Crippen LogP contribution in [0.15, 0.2) is 0 Å². The van der Waals surface area contributed by atoms with Crippen molar-refractivity contribution in [1.29, 1.82) is 0 Å². The first kappa shape index (κ1) is 17.5. The average molecular weight is 312 g/mol. The van der Waals surface area contributed by atoms with Crippen molar-refractivity contribution in [2.24, 2.45) is 5.92 Å². The topological polar surface area (TPSA) is 50.3 Å². The lowest BCUT2D eigenvalue weighted by molar-refractivity contribution is 0.0458. The Morgan fingerprint density at radius 1 is 1.05 bits per heavy atom. The number of hydrogen-bond acceptors (Lipinski definition) is 4. The third-order valence-corrected chi connectivity index (χ3v) is 4.84. The summed E-state index contributed by atoms with van der Waals surface area (Å²) in [7, 11) is 3.58. The van der Waals surface area contributed by atoms with Crippen molar-refractivity contribution in [3.63, 3.8) is 0 Å². The fourth-order valence-corrected chi connectivity index (χ4v) is 3.30. The number of piperidine rings is 1. The van der Waals surface area contributed by atoms with Gasteiger partial charge in [-0.2, -0.15) is 0 Å². The van der Waals surface area contributed by atoms with Gasteiger partial charge in [0.05, 0.1) is 6.10 Å². The number of rotatable bonds is 4. The number of β-amino-alcohol motifs (C(OH)–C–C–N with tert-alkyl or cyclic N) is 1. The van der Waals surface area contributed by atoms with E-state index in [4.69, 9.17) is 0 Å². The summed E-state index contributed by atoms with van der Waals surface area (Å²) >= 11 is 0. The summed E-state index contributed by atoms with van der Waals surface area (Å²) in [5.41, 5.74) is 0. The molecular formula is C16H32N4O2. The van der Waals surface area contributed by atoms with Crippen molar-refractivity contribution in [3.8, 4) is 0 Å². The first-order valence-corrected chi connectivity index (χ1v) is 8.54. The average Bonchev–Trinajstić information content (AvgIpc) is 2.49. The van der Waals surface area contributed by atoms with Crippen LogP contribution < -0.4 is 0 Å². The molecular weight excluding hydrogens is 280 g/mol. The van der Waals surface area contributed by atoms with Gasteiger partial charge in [0.1, 0.15) is 0 Å². The fraction of sp³-hybridized carbons (Fsp3) is 0.938. The molecule has 1 unspecified atom stereocenters. The highest BCUT2D eigenvalue weighted by molar-refractivity contribution is 5.73. The van der Waals surface area contributed by atoms with Gasteiger partial charge in [0.15, 0.2) is 0 Å². The number of nitrogens with zero attached hydrogens (tertiary/aromatic N) is 4. The summed E-state index contributed by atoms with van der Waals surface area (Å²) in [6.45, 7) is 9.26. The van der Waals surface area contributed by atoms with E-state index in [2.05, 4.69) is 16.7 Å². The van der Waals surface area contributed by atoms with Crippen LogP contribution in [0.25, 0.3) is 0 Å². The Bertz CT molecular complexity index is 348. The molecule has 0 radical (unpaired) electrons. The Labute approximate surface area is 134 Å². The van der Waals surface area contributed by atoms with Crippen molar-refractivity contribution >= 4 is 6.03 Å². The zero-order chi connectivity index (χ0) is 16.1. The zero-order valence-electron chi connectivity index (χ0n) is 14.4. The van der Waals surface area contributed by atoms with Crippen molar-refractivity contribution in [2.45, 2.75) is 25.9 Å². The second kappa shape index (κ2) is 8.13. The van der Waals surface area contributed by atoms with E-state index in [1.165, 1.54) is 12.8 Å². The normalized spacial score (nSPS) is 23.5. The molecule has 0 aromatic heterocycles. The molecule has 2 fully saturated rings. The van der Waals surface area contributed by atoms with E-state index in [9.17, 15) is 9.90 Å². The Balaban J connectivity index is 1.66. The number of hydrogen-bond donors (Lipinski definition) is 1. The maximum absolute atomic E-state index is 11.9. The molecule has 0 saturated carbocycles. The second-order valence-electron chi connectivity index (χ2n) is 7.10. The lowest BCUT2D eigenvalue weighted by Gasteiger charge is -2.37. The molecule has 6 nitrogen and oxygen atoms in total. The maximum atomic E-state index is 11.9. The molecule has 0 aromatic rings. The highest BCUT2D eigenvalue weighted by Crippen LogP contribution is 2.16.